The van der Waals surface area contributed by atoms with Gasteiger partial charge in [0.15, 0.2) is 0 Å². The molecule has 1 atom stereocenters. The molecule has 0 radical (unpaired) electrons. The van der Waals surface area contributed by atoms with E-state index in [1.807, 2.05) is 0 Å². The Bertz CT molecular complexity index is 557. The molecule has 1 rings (SSSR count). The lowest BCUT2D eigenvalue weighted by Crippen LogP contribution is -2.37. The van der Waals surface area contributed by atoms with E-state index in [4.69, 9.17) is 0 Å². The second-order valence-electron chi connectivity index (χ2n) is 4.13. The van der Waals surface area contributed by atoms with Gasteiger partial charge in [-0.1, -0.05) is 0 Å². The number of hydrogen-bond acceptors (Lipinski definition) is 4. The van der Waals surface area contributed by atoms with Gasteiger partial charge in [-0.05, 0) is 25.1 Å². The smallest absolute Gasteiger partial charge is 0.251 e. The van der Waals surface area contributed by atoms with Gasteiger partial charge in [0.1, 0.15) is 15.7 Å². The minimum absolute atomic E-state index is 0.0680. The van der Waals surface area contributed by atoms with Crippen molar-refractivity contribution >= 4 is 28.4 Å². The minimum atomic E-state index is -3.16. The summed E-state index contributed by atoms with van der Waals surface area (Å²) in [5.41, 5.74) is 0.238. The number of amides is 1. The molecule has 0 heterocycles. The summed E-state index contributed by atoms with van der Waals surface area (Å²) < 4.78 is 35.1. The molecule has 1 N–H and O–H groups in total. The van der Waals surface area contributed by atoms with Crippen molar-refractivity contribution in [2.75, 3.05) is 12.0 Å². The molecule has 0 saturated heterocycles. The molecule has 0 fully saturated rings. The van der Waals surface area contributed by atoms with Crippen LogP contribution in [0.1, 0.15) is 17.3 Å². The Morgan fingerprint density at radius 1 is 1.50 bits per heavy atom. The summed E-state index contributed by atoms with van der Waals surface area (Å²) in [6.07, 6.45) is 1.10. The average Bonchev–Trinajstić information content (AvgIpc) is 2.18. The van der Waals surface area contributed by atoms with Crippen LogP contribution in [0.2, 0.25) is 0 Å². The van der Waals surface area contributed by atoms with Crippen LogP contribution in [0.25, 0.3) is 0 Å². The van der Waals surface area contributed by atoms with Gasteiger partial charge in [-0.25, -0.2) is 12.8 Å². The number of sulfone groups is 1. The van der Waals surface area contributed by atoms with Crippen LogP contribution >= 0.6 is 12.6 Å². The van der Waals surface area contributed by atoms with Crippen molar-refractivity contribution in [3.63, 3.8) is 0 Å². The number of benzene rings is 1. The molecule has 0 aliphatic rings. The van der Waals surface area contributed by atoms with Gasteiger partial charge in [0.2, 0.25) is 0 Å². The van der Waals surface area contributed by atoms with Crippen molar-refractivity contribution in [3.05, 3.63) is 29.6 Å². The Hall–Kier alpha value is -1.08. The fraction of sp³-hybridized carbons (Fsp3) is 0.364. The van der Waals surface area contributed by atoms with Crippen LogP contribution in [0.3, 0.4) is 0 Å². The second kappa shape index (κ2) is 5.71. The van der Waals surface area contributed by atoms with Crippen molar-refractivity contribution in [2.45, 2.75) is 17.9 Å². The fourth-order valence-electron chi connectivity index (χ4n) is 1.46. The Morgan fingerprint density at radius 3 is 2.61 bits per heavy atom. The molecular weight excluding hydrogens is 277 g/mol. The first-order valence-corrected chi connectivity index (χ1v) is 7.67. The molecule has 1 aromatic rings. The van der Waals surface area contributed by atoms with Crippen LogP contribution in [0.15, 0.2) is 23.1 Å². The van der Waals surface area contributed by atoms with E-state index in [0.717, 1.165) is 12.3 Å². The average molecular weight is 291 g/mol. The molecule has 0 saturated carbocycles. The predicted molar refractivity (Wildman–Crippen MR) is 70.3 cm³/mol. The van der Waals surface area contributed by atoms with E-state index in [2.05, 4.69) is 17.9 Å². The number of carbonyl (C=O) groups excluding carboxylic acids is 1. The Kier molecular flexibility index (Phi) is 4.75. The summed E-state index contributed by atoms with van der Waals surface area (Å²) >= 11 is 3.87. The molecular formula is C11H14FNO3S2. The molecule has 18 heavy (non-hydrogen) atoms. The van der Waals surface area contributed by atoms with E-state index in [1.165, 1.54) is 12.1 Å². The van der Waals surface area contributed by atoms with E-state index in [9.17, 15) is 17.6 Å². The van der Waals surface area contributed by atoms with E-state index >= 15 is 0 Å². The highest BCUT2D eigenvalue weighted by molar-refractivity contribution is 7.90. The first-order chi connectivity index (χ1) is 8.19. The fourth-order valence-corrected chi connectivity index (χ4v) is 2.66. The molecule has 1 aromatic carbocycles. The monoisotopic (exact) mass is 291 g/mol. The summed E-state index contributed by atoms with van der Waals surface area (Å²) in [7, 11) is -3.16. The maximum absolute atomic E-state index is 13.0. The third-order valence-corrected chi connectivity index (χ3v) is 3.59. The Labute approximate surface area is 111 Å². The lowest BCUT2D eigenvalue weighted by molar-refractivity contribution is 0.0943. The van der Waals surface area contributed by atoms with Crippen LogP contribution in [-0.2, 0) is 9.84 Å². The van der Waals surface area contributed by atoms with Gasteiger partial charge in [0.25, 0.3) is 5.91 Å². The quantitative estimate of drug-likeness (QED) is 0.821. The number of rotatable bonds is 4. The first kappa shape index (κ1) is 15.0. The van der Waals surface area contributed by atoms with Gasteiger partial charge >= 0.3 is 0 Å². The highest BCUT2D eigenvalue weighted by atomic mass is 32.2. The largest absolute Gasteiger partial charge is 0.349 e. The molecule has 0 aliphatic carbocycles. The lowest BCUT2D eigenvalue weighted by Gasteiger charge is -2.13. The zero-order valence-corrected chi connectivity index (χ0v) is 11.7. The third-order valence-electron chi connectivity index (χ3n) is 2.14. The van der Waals surface area contributed by atoms with Crippen molar-refractivity contribution < 1.29 is 17.6 Å². The van der Waals surface area contributed by atoms with Gasteiger partial charge in [0.05, 0.1) is 5.75 Å². The molecule has 0 spiro atoms. The van der Waals surface area contributed by atoms with Gasteiger partial charge in [-0.15, -0.1) is 12.6 Å². The van der Waals surface area contributed by atoms with E-state index < -0.39 is 27.6 Å². The highest BCUT2D eigenvalue weighted by Gasteiger charge is 2.15. The number of hydrogen-bond donors (Lipinski definition) is 2. The van der Waals surface area contributed by atoms with E-state index in [0.29, 0.717) is 0 Å². The predicted octanol–water partition coefficient (Wildman–Crippen LogP) is 1.28. The number of thiol groups is 1. The van der Waals surface area contributed by atoms with Crippen LogP contribution < -0.4 is 5.32 Å². The minimum Gasteiger partial charge on any atom is -0.349 e. The van der Waals surface area contributed by atoms with Crippen molar-refractivity contribution in [3.8, 4) is 0 Å². The molecule has 0 aliphatic heterocycles. The molecule has 4 nitrogen and oxygen atoms in total. The van der Waals surface area contributed by atoms with Crippen LogP contribution in [-0.4, -0.2) is 32.4 Å². The molecule has 1 amide bonds. The standard InChI is InChI=1S/C11H14FNO3S2/c1-7(6-18(2,15)16)13-11(14)8-3-4-9(12)10(17)5-8/h3-5,7,17H,6H2,1-2H3,(H,13,14). The van der Waals surface area contributed by atoms with Crippen LogP contribution in [0.4, 0.5) is 4.39 Å². The van der Waals surface area contributed by atoms with Gasteiger partial charge in [-0.2, -0.15) is 0 Å². The number of carbonyl (C=O) groups is 1. The SMILES string of the molecule is CC(CS(C)(=O)=O)NC(=O)c1ccc(F)c(S)c1. The van der Waals surface area contributed by atoms with Gasteiger partial charge in [-0.3, -0.25) is 4.79 Å². The second-order valence-corrected chi connectivity index (χ2v) is 6.80. The summed E-state index contributed by atoms with van der Waals surface area (Å²) in [5.74, 6) is -1.12. The van der Waals surface area contributed by atoms with Crippen LogP contribution in [0, 0.1) is 5.82 Å². The summed E-state index contributed by atoms with van der Waals surface area (Å²) in [5, 5.41) is 2.52. The lowest BCUT2D eigenvalue weighted by atomic mass is 10.2. The van der Waals surface area contributed by atoms with E-state index in [1.54, 1.807) is 6.92 Å². The molecule has 0 aromatic heterocycles. The number of nitrogens with one attached hydrogen (secondary N) is 1. The molecule has 0 bridgehead atoms. The zero-order chi connectivity index (χ0) is 13.9. The van der Waals surface area contributed by atoms with Crippen molar-refractivity contribution in [2.24, 2.45) is 0 Å². The summed E-state index contributed by atoms with van der Waals surface area (Å²) in [4.78, 5) is 11.8. The molecule has 1 unspecified atom stereocenters. The normalized spacial score (nSPS) is 13.1. The van der Waals surface area contributed by atoms with Crippen molar-refractivity contribution in [1.29, 1.82) is 0 Å². The first-order valence-electron chi connectivity index (χ1n) is 5.16. The summed E-state index contributed by atoms with van der Waals surface area (Å²) in [6.45, 7) is 1.59. The topological polar surface area (TPSA) is 63.2 Å². The van der Waals surface area contributed by atoms with Gasteiger partial charge in [0, 0.05) is 22.8 Å². The maximum atomic E-state index is 13.0. The molecule has 100 valence electrons. The zero-order valence-electron chi connectivity index (χ0n) is 9.97. The number of halogens is 1. The highest BCUT2D eigenvalue weighted by Crippen LogP contribution is 2.14. The Balaban J connectivity index is 2.73. The Morgan fingerprint density at radius 2 is 2.11 bits per heavy atom. The maximum Gasteiger partial charge on any atom is 0.251 e. The van der Waals surface area contributed by atoms with Crippen molar-refractivity contribution in [1.82, 2.24) is 5.32 Å². The third kappa shape index (κ3) is 4.66. The molecule has 7 heteroatoms. The van der Waals surface area contributed by atoms with Crippen LogP contribution in [0.5, 0.6) is 0 Å². The van der Waals surface area contributed by atoms with Gasteiger partial charge < -0.3 is 5.32 Å². The summed E-state index contributed by atoms with van der Waals surface area (Å²) in [6, 6.07) is 3.23. The van der Waals surface area contributed by atoms with E-state index in [-0.39, 0.29) is 16.2 Å².